The van der Waals surface area contributed by atoms with Crippen molar-refractivity contribution in [3.8, 4) is 0 Å². The number of carbonyl (C=O) groups is 2. The molecule has 134 valence electrons. The Morgan fingerprint density at radius 1 is 1.19 bits per heavy atom. The molecule has 2 atom stereocenters. The summed E-state index contributed by atoms with van der Waals surface area (Å²) in [7, 11) is 0. The van der Waals surface area contributed by atoms with Crippen molar-refractivity contribution < 1.29 is 9.59 Å². The van der Waals surface area contributed by atoms with E-state index in [2.05, 4.69) is 5.32 Å². The number of hydrogen-bond donors (Lipinski definition) is 1. The van der Waals surface area contributed by atoms with Gasteiger partial charge < -0.3 is 10.2 Å². The van der Waals surface area contributed by atoms with Gasteiger partial charge in [0.2, 0.25) is 11.8 Å². The highest BCUT2D eigenvalue weighted by molar-refractivity contribution is 6.30. The second kappa shape index (κ2) is 7.12. The molecule has 5 heteroatoms. The minimum absolute atomic E-state index is 0.00252. The maximum absolute atomic E-state index is 12.5. The molecule has 0 radical (unpaired) electrons. The van der Waals surface area contributed by atoms with E-state index in [1.807, 2.05) is 53.4 Å². The molecule has 1 aliphatic heterocycles. The number of nitrogens with zero attached hydrogens (tertiary/aromatic N) is 1. The van der Waals surface area contributed by atoms with E-state index in [1.54, 1.807) is 0 Å². The van der Waals surface area contributed by atoms with Gasteiger partial charge in [-0.3, -0.25) is 9.59 Å². The minimum atomic E-state index is -0.00252. The van der Waals surface area contributed by atoms with Crippen molar-refractivity contribution in [2.45, 2.75) is 31.7 Å². The van der Waals surface area contributed by atoms with Crippen molar-refractivity contribution in [3.05, 3.63) is 64.7 Å². The largest absolute Gasteiger partial charge is 0.338 e. The molecule has 1 saturated heterocycles. The molecule has 1 N–H and O–H groups in total. The highest BCUT2D eigenvalue weighted by Crippen LogP contribution is 2.48. The van der Waals surface area contributed by atoms with Crippen molar-refractivity contribution in [1.82, 2.24) is 4.90 Å². The first-order chi connectivity index (χ1) is 12.6. The topological polar surface area (TPSA) is 49.4 Å². The van der Waals surface area contributed by atoms with Gasteiger partial charge in [-0.05, 0) is 54.2 Å². The summed E-state index contributed by atoms with van der Waals surface area (Å²) in [6.07, 6.45) is 2.43. The average Bonchev–Trinajstić information content (AvgIpc) is 3.33. The second-order valence-corrected chi connectivity index (χ2v) is 7.55. The van der Waals surface area contributed by atoms with E-state index in [0.717, 1.165) is 36.2 Å². The third-order valence-corrected chi connectivity index (χ3v) is 5.38. The standard InChI is InChI=1S/C21H21ClN2O2/c22-16-6-2-5-15(11-16)18-12-19(18)21(26)23-17-7-1-4-14(10-17)13-24-9-3-8-20(24)25/h1-2,4-7,10-11,18-19H,3,8-9,12-13H2,(H,23,26)/t18-,19-/m0/s1. The fraction of sp³-hybridized carbons (Fsp3) is 0.333. The molecule has 4 nitrogen and oxygen atoms in total. The number of amides is 2. The maximum Gasteiger partial charge on any atom is 0.228 e. The lowest BCUT2D eigenvalue weighted by Crippen LogP contribution is -2.23. The van der Waals surface area contributed by atoms with Gasteiger partial charge in [0.25, 0.3) is 0 Å². The Bertz CT molecular complexity index is 851. The highest BCUT2D eigenvalue weighted by atomic mass is 35.5. The molecule has 2 amide bonds. The Morgan fingerprint density at radius 2 is 2.04 bits per heavy atom. The fourth-order valence-corrected chi connectivity index (χ4v) is 3.86. The van der Waals surface area contributed by atoms with E-state index < -0.39 is 0 Å². The summed E-state index contributed by atoms with van der Waals surface area (Å²) >= 11 is 6.04. The Hall–Kier alpha value is -2.33. The summed E-state index contributed by atoms with van der Waals surface area (Å²) in [5.74, 6) is 0.502. The number of benzene rings is 2. The summed E-state index contributed by atoms with van der Waals surface area (Å²) < 4.78 is 0. The predicted molar refractivity (Wildman–Crippen MR) is 102 cm³/mol. The van der Waals surface area contributed by atoms with Crippen LogP contribution >= 0.6 is 11.6 Å². The monoisotopic (exact) mass is 368 g/mol. The SMILES string of the molecule is O=C(Nc1cccc(CN2CCCC2=O)c1)[C@H]1C[C@H]1c1cccc(Cl)c1. The Morgan fingerprint density at radius 3 is 2.81 bits per heavy atom. The maximum atomic E-state index is 12.5. The van der Waals surface area contributed by atoms with E-state index in [-0.39, 0.29) is 23.7 Å². The van der Waals surface area contributed by atoms with Crippen LogP contribution in [0.2, 0.25) is 5.02 Å². The van der Waals surface area contributed by atoms with Crippen LogP contribution in [0.25, 0.3) is 0 Å². The van der Waals surface area contributed by atoms with Crippen LogP contribution in [-0.4, -0.2) is 23.3 Å². The molecule has 1 saturated carbocycles. The van der Waals surface area contributed by atoms with Crippen LogP contribution in [0.15, 0.2) is 48.5 Å². The first-order valence-corrected chi connectivity index (χ1v) is 9.41. The zero-order valence-corrected chi connectivity index (χ0v) is 15.2. The molecular weight excluding hydrogens is 348 g/mol. The molecule has 2 aliphatic rings. The molecule has 26 heavy (non-hydrogen) atoms. The molecule has 2 fully saturated rings. The summed E-state index contributed by atoms with van der Waals surface area (Å²) in [5.41, 5.74) is 2.95. The number of hydrogen-bond acceptors (Lipinski definition) is 2. The number of anilines is 1. The van der Waals surface area contributed by atoms with Crippen molar-refractivity contribution >= 4 is 29.1 Å². The van der Waals surface area contributed by atoms with Crippen LogP contribution in [0.5, 0.6) is 0 Å². The van der Waals surface area contributed by atoms with Crippen molar-refractivity contribution in [2.24, 2.45) is 5.92 Å². The van der Waals surface area contributed by atoms with Crippen LogP contribution < -0.4 is 5.32 Å². The van der Waals surface area contributed by atoms with Gasteiger partial charge in [0.15, 0.2) is 0 Å². The smallest absolute Gasteiger partial charge is 0.228 e. The van der Waals surface area contributed by atoms with Crippen LogP contribution in [0.3, 0.4) is 0 Å². The van der Waals surface area contributed by atoms with E-state index in [0.29, 0.717) is 18.0 Å². The van der Waals surface area contributed by atoms with Gasteiger partial charge in [-0.25, -0.2) is 0 Å². The molecule has 1 aliphatic carbocycles. The number of nitrogens with one attached hydrogen (secondary N) is 1. The molecule has 0 unspecified atom stereocenters. The van der Waals surface area contributed by atoms with Crippen LogP contribution in [-0.2, 0) is 16.1 Å². The minimum Gasteiger partial charge on any atom is -0.338 e. The third kappa shape index (κ3) is 3.75. The van der Waals surface area contributed by atoms with Crippen LogP contribution in [0, 0.1) is 5.92 Å². The van der Waals surface area contributed by atoms with Crippen molar-refractivity contribution in [1.29, 1.82) is 0 Å². The summed E-state index contributed by atoms with van der Waals surface area (Å²) in [6, 6.07) is 15.5. The van der Waals surface area contributed by atoms with Crippen LogP contribution in [0.1, 0.15) is 36.3 Å². The summed E-state index contributed by atoms with van der Waals surface area (Å²) in [6.45, 7) is 1.43. The van der Waals surface area contributed by atoms with Crippen LogP contribution in [0.4, 0.5) is 5.69 Å². The van der Waals surface area contributed by atoms with E-state index in [4.69, 9.17) is 11.6 Å². The number of likely N-dealkylation sites (tertiary alicyclic amines) is 1. The zero-order chi connectivity index (χ0) is 18.1. The van der Waals surface area contributed by atoms with Gasteiger partial charge >= 0.3 is 0 Å². The lowest BCUT2D eigenvalue weighted by atomic mass is 10.1. The second-order valence-electron chi connectivity index (χ2n) is 7.11. The first-order valence-electron chi connectivity index (χ1n) is 9.03. The number of rotatable bonds is 5. The number of halogens is 1. The normalized spacial score (nSPS) is 21.7. The average molecular weight is 369 g/mol. The van der Waals surface area contributed by atoms with E-state index in [9.17, 15) is 9.59 Å². The molecule has 0 bridgehead atoms. The first kappa shape index (κ1) is 17.1. The lowest BCUT2D eigenvalue weighted by molar-refractivity contribution is -0.128. The Kier molecular flexibility index (Phi) is 4.68. The predicted octanol–water partition coefficient (Wildman–Crippen LogP) is 4.20. The molecule has 4 rings (SSSR count). The molecule has 2 aromatic rings. The molecule has 0 spiro atoms. The molecular formula is C21H21ClN2O2. The van der Waals surface area contributed by atoms with Gasteiger partial charge in [-0.15, -0.1) is 0 Å². The van der Waals surface area contributed by atoms with Gasteiger partial charge in [0.1, 0.15) is 0 Å². The van der Waals surface area contributed by atoms with Gasteiger partial charge in [0, 0.05) is 36.1 Å². The molecule has 2 aromatic carbocycles. The highest BCUT2D eigenvalue weighted by Gasteiger charge is 2.44. The number of carbonyl (C=O) groups excluding carboxylic acids is 2. The summed E-state index contributed by atoms with van der Waals surface area (Å²) in [4.78, 5) is 26.2. The van der Waals surface area contributed by atoms with E-state index >= 15 is 0 Å². The van der Waals surface area contributed by atoms with Gasteiger partial charge in [-0.2, -0.15) is 0 Å². The van der Waals surface area contributed by atoms with Crippen molar-refractivity contribution in [2.75, 3.05) is 11.9 Å². The Labute approximate surface area is 158 Å². The summed E-state index contributed by atoms with van der Waals surface area (Å²) in [5, 5.41) is 3.73. The lowest BCUT2D eigenvalue weighted by Gasteiger charge is -2.16. The zero-order valence-electron chi connectivity index (χ0n) is 14.5. The Balaban J connectivity index is 1.38. The third-order valence-electron chi connectivity index (χ3n) is 5.14. The molecule has 1 heterocycles. The van der Waals surface area contributed by atoms with E-state index in [1.165, 1.54) is 0 Å². The van der Waals surface area contributed by atoms with Crippen molar-refractivity contribution in [3.63, 3.8) is 0 Å². The van der Waals surface area contributed by atoms with Gasteiger partial charge in [-0.1, -0.05) is 35.9 Å². The quantitative estimate of drug-likeness (QED) is 0.859. The van der Waals surface area contributed by atoms with Gasteiger partial charge in [0.05, 0.1) is 0 Å². The fourth-order valence-electron chi connectivity index (χ4n) is 3.66. The molecule has 0 aromatic heterocycles.